The molecule has 0 radical (unpaired) electrons. The van der Waals surface area contributed by atoms with E-state index in [0.29, 0.717) is 19.6 Å². The van der Waals surface area contributed by atoms with Gasteiger partial charge in [0.1, 0.15) is 6.33 Å². The number of amides is 2. The van der Waals surface area contributed by atoms with Crippen LogP contribution in [0.4, 0.5) is 10.7 Å². The number of anilines is 1. The van der Waals surface area contributed by atoms with Gasteiger partial charge in [-0.1, -0.05) is 12.1 Å². The summed E-state index contributed by atoms with van der Waals surface area (Å²) in [7, 11) is 1.93. The summed E-state index contributed by atoms with van der Waals surface area (Å²) >= 11 is 0. The van der Waals surface area contributed by atoms with Crippen molar-refractivity contribution in [2.75, 3.05) is 37.6 Å². The van der Waals surface area contributed by atoms with Crippen molar-refractivity contribution in [1.29, 1.82) is 0 Å². The molecule has 3 aromatic rings. The van der Waals surface area contributed by atoms with Crippen molar-refractivity contribution < 1.29 is 4.79 Å². The lowest BCUT2D eigenvalue weighted by Crippen LogP contribution is -2.52. The van der Waals surface area contributed by atoms with Crippen LogP contribution in [0.2, 0.25) is 0 Å². The Morgan fingerprint density at radius 3 is 2.57 bits per heavy atom. The summed E-state index contributed by atoms with van der Waals surface area (Å²) in [5.41, 5.74) is 2.21. The zero-order valence-electron chi connectivity index (χ0n) is 15.9. The van der Waals surface area contributed by atoms with E-state index >= 15 is 0 Å². The Kier molecular flexibility index (Phi) is 5.22. The van der Waals surface area contributed by atoms with Crippen LogP contribution in [0.25, 0.3) is 5.69 Å². The van der Waals surface area contributed by atoms with Gasteiger partial charge in [0.25, 0.3) is 0 Å². The third-order valence-electron chi connectivity index (χ3n) is 4.93. The topological polar surface area (TPSA) is 84.1 Å². The number of piperazine rings is 1. The van der Waals surface area contributed by atoms with Crippen molar-refractivity contribution in [2.24, 2.45) is 7.05 Å². The molecule has 1 aromatic carbocycles. The fourth-order valence-corrected chi connectivity index (χ4v) is 3.34. The monoisotopic (exact) mass is 380 g/mol. The number of carbonyl (C=O) groups is 1. The second kappa shape index (κ2) is 8.12. The fourth-order valence-electron chi connectivity index (χ4n) is 3.34. The molecule has 0 spiro atoms. The minimum atomic E-state index is -0.00854. The van der Waals surface area contributed by atoms with Crippen molar-refractivity contribution >= 4 is 12.0 Å². The van der Waals surface area contributed by atoms with Crippen molar-refractivity contribution in [3.63, 3.8) is 0 Å². The van der Waals surface area contributed by atoms with E-state index in [1.807, 2.05) is 45.6 Å². The van der Waals surface area contributed by atoms with Gasteiger partial charge in [0.05, 0.1) is 5.69 Å². The van der Waals surface area contributed by atoms with E-state index < -0.39 is 0 Å². The van der Waals surface area contributed by atoms with E-state index in [-0.39, 0.29) is 6.03 Å². The first kappa shape index (κ1) is 18.0. The number of hydrogen-bond donors (Lipinski definition) is 1. The summed E-state index contributed by atoms with van der Waals surface area (Å²) in [5.74, 6) is 0.846. The lowest BCUT2D eigenvalue weighted by Gasteiger charge is -2.34. The van der Waals surface area contributed by atoms with Crippen LogP contribution in [0.5, 0.6) is 0 Å². The van der Waals surface area contributed by atoms with Crippen molar-refractivity contribution in [3.8, 4) is 5.69 Å². The van der Waals surface area contributed by atoms with Gasteiger partial charge in [-0.3, -0.25) is 0 Å². The van der Waals surface area contributed by atoms with Crippen LogP contribution < -0.4 is 10.2 Å². The first-order valence-corrected chi connectivity index (χ1v) is 9.41. The van der Waals surface area contributed by atoms with E-state index in [2.05, 4.69) is 37.6 Å². The predicted octanol–water partition coefficient (Wildman–Crippen LogP) is 1.08. The molecule has 2 amide bonds. The van der Waals surface area contributed by atoms with Crippen LogP contribution in [0.1, 0.15) is 5.56 Å². The second-order valence-electron chi connectivity index (χ2n) is 6.81. The van der Waals surface area contributed by atoms with Crippen LogP contribution >= 0.6 is 0 Å². The molecule has 28 heavy (non-hydrogen) atoms. The summed E-state index contributed by atoms with van der Waals surface area (Å²) < 4.78 is 3.72. The number of rotatable bonds is 5. The molecule has 146 valence electrons. The Hall–Kier alpha value is -3.36. The molecule has 0 unspecified atom stereocenters. The van der Waals surface area contributed by atoms with Gasteiger partial charge in [-0.15, -0.1) is 10.2 Å². The largest absolute Gasteiger partial charge is 0.338 e. The molecule has 0 aliphatic carbocycles. The van der Waals surface area contributed by atoms with E-state index in [9.17, 15) is 4.79 Å². The average Bonchev–Trinajstić information content (AvgIpc) is 3.40. The maximum atomic E-state index is 12.4. The summed E-state index contributed by atoms with van der Waals surface area (Å²) in [6, 6.07) is 10.1. The van der Waals surface area contributed by atoms with Gasteiger partial charge in [0.15, 0.2) is 0 Å². The number of hydrogen-bond acceptors (Lipinski definition) is 5. The summed E-state index contributed by atoms with van der Waals surface area (Å²) in [6.07, 6.45) is 6.16. The van der Waals surface area contributed by atoms with Gasteiger partial charge in [-0.05, 0) is 30.2 Å². The average molecular weight is 380 g/mol. The number of urea groups is 1. The number of nitrogens with zero attached hydrogens (tertiary/aromatic N) is 7. The molecule has 0 saturated carbocycles. The molecule has 9 nitrogen and oxygen atoms in total. The van der Waals surface area contributed by atoms with Gasteiger partial charge in [-0.2, -0.15) is 5.10 Å². The zero-order chi connectivity index (χ0) is 19.3. The van der Waals surface area contributed by atoms with E-state index in [1.165, 1.54) is 5.56 Å². The van der Waals surface area contributed by atoms with Crippen molar-refractivity contribution in [1.82, 2.24) is 34.8 Å². The van der Waals surface area contributed by atoms with Crippen molar-refractivity contribution in [2.45, 2.75) is 6.42 Å². The predicted molar refractivity (Wildman–Crippen MR) is 105 cm³/mol. The van der Waals surface area contributed by atoms with Gasteiger partial charge in [0, 0.05) is 52.2 Å². The number of nitrogens with one attached hydrogen (secondary N) is 1. The highest BCUT2D eigenvalue weighted by Crippen LogP contribution is 2.12. The SMILES string of the molecule is Cn1cnnc1N1CCN(C(=O)NCCc2ccc(-n3cccn3)cc2)CC1. The van der Waals surface area contributed by atoms with Gasteiger partial charge >= 0.3 is 6.03 Å². The highest BCUT2D eigenvalue weighted by atomic mass is 16.2. The minimum Gasteiger partial charge on any atom is -0.338 e. The third kappa shape index (κ3) is 3.98. The number of benzene rings is 1. The number of carbonyl (C=O) groups excluding carboxylic acids is 1. The van der Waals surface area contributed by atoms with Crippen molar-refractivity contribution in [3.05, 3.63) is 54.6 Å². The Labute approximate surface area is 163 Å². The molecule has 9 heteroatoms. The maximum absolute atomic E-state index is 12.4. The van der Waals surface area contributed by atoms with Crippen LogP contribution in [0.3, 0.4) is 0 Å². The Balaban J connectivity index is 1.21. The third-order valence-corrected chi connectivity index (χ3v) is 4.93. The minimum absolute atomic E-state index is 0.00854. The van der Waals surface area contributed by atoms with Gasteiger partial charge in [-0.25, -0.2) is 9.48 Å². The highest BCUT2D eigenvalue weighted by Gasteiger charge is 2.23. The number of aryl methyl sites for hydroxylation is 1. The van der Waals surface area contributed by atoms with Crippen LogP contribution in [-0.4, -0.2) is 68.2 Å². The molecule has 3 heterocycles. The highest BCUT2D eigenvalue weighted by molar-refractivity contribution is 5.74. The lowest BCUT2D eigenvalue weighted by atomic mass is 10.1. The zero-order valence-corrected chi connectivity index (χ0v) is 15.9. The molecular weight excluding hydrogens is 356 g/mol. The Bertz CT molecular complexity index is 894. The molecule has 0 atom stereocenters. The Morgan fingerprint density at radius 1 is 1.14 bits per heavy atom. The first-order valence-electron chi connectivity index (χ1n) is 9.41. The van der Waals surface area contributed by atoms with Crippen LogP contribution in [0.15, 0.2) is 49.1 Å². The summed E-state index contributed by atoms with van der Waals surface area (Å²) in [6.45, 7) is 3.49. The summed E-state index contributed by atoms with van der Waals surface area (Å²) in [5, 5.41) is 15.3. The molecular formula is C19H24N8O. The lowest BCUT2D eigenvalue weighted by molar-refractivity contribution is 0.194. The van der Waals surface area contributed by atoms with E-state index in [0.717, 1.165) is 31.1 Å². The smallest absolute Gasteiger partial charge is 0.317 e. The second-order valence-corrected chi connectivity index (χ2v) is 6.81. The van der Waals surface area contributed by atoms with Gasteiger partial charge in [0.2, 0.25) is 5.95 Å². The molecule has 1 aliphatic rings. The molecule has 1 saturated heterocycles. The first-order chi connectivity index (χ1) is 13.7. The molecule has 1 N–H and O–H groups in total. The maximum Gasteiger partial charge on any atom is 0.317 e. The molecule has 1 aliphatic heterocycles. The number of aromatic nitrogens is 5. The summed E-state index contributed by atoms with van der Waals surface area (Å²) in [4.78, 5) is 16.4. The van der Waals surface area contributed by atoms with Crippen LogP contribution in [0, 0.1) is 0 Å². The fraction of sp³-hybridized carbons (Fsp3) is 0.368. The standard InChI is InChI=1S/C19H24N8O/c1-24-15-21-23-18(24)25-11-13-26(14-12-25)19(28)20-9-7-16-3-5-17(6-4-16)27-10-2-8-22-27/h2-6,8,10,15H,7,9,11-14H2,1H3,(H,20,28). The molecule has 4 rings (SSSR count). The van der Waals surface area contributed by atoms with Crippen LogP contribution in [-0.2, 0) is 13.5 Å². The van der Waals surface area contributed by atoms with E-state index in [4.69, 9.17) is 0 Å². The van der Waals surface area contributed by atoms with Gasteiger partial charge < -0.3 is 19.7 Å². The molecule has 1 fully saturated rings. The quantitative estimate of drug-likeness (QED) is 0.716. The normalized spacial score (nSPS) is 14.3. The Morgan fingerprint density at radius 2 is 1.93 bits per heavy atom. The van der Waals surface area contributed by atoms with E-state index in [1.54, 1.807) is 12.5 Å². The molecule has 0 bridgehead atoms. The molecule has 2 aromatic heterocycles.